The van der Waals surface area contributed by atoms with Gasteiger partial charge in [0.05, 0.1) is 16.5 Å². The molecule has 6 nitrogen and oxygen atoms in total. The Hall–Kier alpha value is -1.75. The van der Waals surface area contributed by atoms with Gasteiger partial charge in [0.1, 0.15) is 10.5 Å². The molecular formula is C19H14Cl2N2O4Pt. The summed E-state index contributed by atoms with van der Waals surface area (Å²) in [6, 6.07) is 5.32. The van der Waals surface area contributed by atoms with Gasteiger partial charge >= 0.3 is 11.9 Å². The SMILES string of the molecule is CCC(=O)Oc1c(OC(=O)C2CC2)nc2c(c(Cl)cc3cccnc32)c1Cl.[Pt]. The van der Waals surface area contributed by atoms with Gasteiger partial charge in [-0.3, -0.25) is 14.6 Å². The van der Waals surface area contributed by atoms with Gasteiger partial charge in [0.2, 0.25) is 5.75 Å². The number of aromatic nitrogens is 2. The molecule has 0 radical (unpaired) electrons. The standard InChI is InChI=1S/C19H14Cl2N2O4.Pt/c1-2-12(24)26-17-14(21)13-11(20)8-10-4-3-7-22-15(10)16(13)23-18(17)27-19(25)9-5-6-9;/h3-4,7-9H,2,5-6H2,1H3;. The largest absolute Gasteiger partial charge is 0.419 e. The average molecular weight is 600 g/mol. The number of carbonyl (C=O) groups excluding carboxylic acids is 2. The molecule has 1 aromatic carbocycles. The first-order valence-corrected chi connectivity index (χ1v) is 9.24. The minimum atomic E-state index is -0.531. The van der Waals surface area contributed by atoms with Crippen LogP contribution in [-0.4, -0.2) is 21.9 Å². The molecule has 1 aliphatic carbocycles. The Kier molecular flexibility index (Phi) is 6.23. The molecule has 0 spiro atoms. The molecule has 1 saturated carbocycles. The van der Waals surface area contributed by atoms with Crippen molar-refractivity contribution in [2.75, 3.05) is 0 Å². The molecule has 1 fully saturated rings. The maximum Gasteiger partial charge on any atom is 0.315 e. The molecule has 0 amide bonds. The summed E-state index contributed by atoms with van der Waals surface area (Å²) in [4.78, 5) is 32.8. The Morgan fingerprint density at radius 1 is 1.21 bits per heavy atom. The van der Waals surface area contributed by atoms with Crippen molar-refractivity contribution in [1.29, 1.82) is 0 Å². The van der Waals surface area contributed by atoms with Gasteiger partial charge in [-0.15, -0.1) is 0 Å². The Morgan fingerprint density at radius 3 is 2.64 bits per heavy atom. The van der Waals surface area contributed by atoms with Gasteiger partial charge in [0.25, 0.3) is 5.88 Å². The Balaban J connectivity index is 0.00000225. The Bertz CT molecular complexity index is 1100. The maximum absolute atomic E-state index is 12.2. The van der Waals surface area contributed by atoms with Crippen LogP contribution in [0.15, 0.2) is 24.4 Å². The van der Waals surface area contributed by atoms with Crippen molar-refractivity contribution in [3.05, 3.63) is 34.4 Å². The van der Waals surface area contributed by atoms with Crippen molar-refractivity contribution in [1.82, 2.24) is 9.97 Å². The molecule has 148 valence electrons. The fourth-order valence-corrected chi connectivity index (χ4v) is 3.35. The predicted octanol–water partition coefficient (Wildman–Crippen LogP) is 4.72. The van der Waals surface area contributed by atoms with Crippen molar-refractivity contribution in [2.45, 2.75) is 26.2 Å². The fraction of sp³-hybridized carbons (Fsp3) is 0.263. The van der Waals surface area contributed by atoms with Crippen LogP contribution in [0.5, 0.6) is 11.6 Å². The monoisotopic (exact) mass is 599 g/mol. The number of esters is 2. The molecule has 28 heavy (non-hydrogen) atoms. The van der Waals surface area contributed by atoms with Gasteiger partial charge in [0.15, 0.2) is 0 Å². The van der Waals surface area contributed by atoms with Crippen molar-refractivity contribution in [3.63, 3.8) is 0 Å². The summed E-state index contributed by atoms with van der Waals surface area (Å²) in [6.45, 7) is 1.64. The molecule has 1 aliphatic rings. The normalized spacial score (nSPS) is 13.2. The number of nitrogens with zero attached hydrogens (tertiary/aromatic N) is 2. The molecule has 0 unspecified atom stereocenters. The number of hydrogen-bond acceptors (Lipinski definition) is 6. The summed E-state index contributed by atoms with van der Waals surface area (Å²) in [6.07, 6.45) is 3.27. The predicted molar refractivity (Wildman–Crippen MR) is 101 cm³/mol. The van der Waals surface area contributed by atoms with Gasteiger partial charge in [-0.25, -0.2) is 4.98 Å². The van der Waals surface area contributed by atoms with Gasteiger partial charge in [0, 0.05) is 44.5 Å². The second kappa shape index (κ2) is 8.32. The molecule has 0 bridgehead atoms. The van der Waals surface area contributed by atoms with E-state index in [1.54, 1.807) is 25.3 Å². The van der Waals surface area contributed by atoms with E-state index >= 15 is 0 Å². The van der Waals surface area contributed by atoms with Crippen LogP contribution in [0.4, 0.5) is 0 Å². The zero-order chi connectivity index (χ0) is 19.1. The minimum absolute atomic E-state index is 0. The molecule has 3 aromatic rings. The number of pyridine rings is 2. The zero-order valence-electron chi connectivity index (χ0n) is 14.6. The molecule has 0 atom stereocenters. The topological polar surface area (TPSA) is 78.4 Å². The number of ether oxygens (including phenoxy) is 2. The first-order chi connectivity index (χ1) is 13.0. The zero-order valence-corrected chi connectivity index (χ0v) is 18.4. The quantitative estimate of drug-likeness (QED) is 0.319. The fourth-order valence-electron chi connectivity index (χ4n) is 2.69. The maximum atomic E-state index is 12.2. The number of carbonyl (C=O) groups is 2. The molecular weight excluding hydrogens is 586 g/mol. The Labute approximate surface area is 184 Å². The Morgan fingerprint density at radius 2 is 1.96 bits per heavy atom. The van der Waals surface area contributed by atoms with E-state index in [0.29, 0.717) is 21.4 Å². The van der Waals surface area contributed by atoms with Gasteiger partial charge in [-0.2, -0.15) is 0 Å². The van der Waals surface area contributed by atoms with E-state index in [9.17, 15) is 9.59 Å². The summed E-state index contributed by atoms with van der Waals surface area (Å²) in [5, 5.41) is 1.53. The summed E-state index contributed by atoms with van der Waals surface area (Å²) in [5.41, 5.74) is 0.925. The summed E-state index contributed by atoms with van der Waals surface area (Å²) in [7, 11) is 0. The van der Waals surface area contributed by atoms with Crippen molar-refractivity contribution in [3.8, 4) is 11.6 Å². The van der Waals surface area contributed by atoms with E-state index in [-0.39, 0.29) is 50.1 Å². The third kappa shape index (κ3) is 3.86. The molecule has 2 heterocycles. The van der Waals surface area contributed by atoms with Crippen LogP contribution in [-0.2, 0) is 30.7 Å². The molecule has 4 rings (SSSR count). The first-order valence-electron chi connectivity index (χ1n) is 8.48. The van der Waals surface area contributed by atoms with Crippen LogP contribution in [0.3, 0.4) is 0 Å². The second-order valence-electron chi connectivity index (χ2n) is 6.24. The summed E-state index contributed by atoms with van der Waals surface area (Å²) < 4.78 is 10.7. The molecule has 0 aliphatic heterocycles. The van der Waals surface area contributed by atoms with Crippen LogP contribution >= 0.6 is 23.2 Å². The molecule has 0 N–H and O–H groups in total. The summed E-state index contributed by atoms with van der Waals surface area (Å²) >= 11 is 12.9. The van der Waals surface area contributed by atoms with Crippen molar-refractivity contribution < 1.29 is 40.1 Å². The van der Waals surface area contributed by atoms with Gasteiger partial charge in [-0.05, 0) is 25.0 Å². The number of halogens is 2. The van der Waals surface area contributed by atoms with Crippen molar-refractivity contribution in [2.24, 2.45) is 5.92 Å². The molecule has 9 heteroatoms. The van der Waals surface area contributed by atoms with Crippen LogP contribution in [0, 0.1) is 5.92 Å². The third-order valence-electron chi connectivity index (χ3n) is 4.26. The summed E-state index contributed by atoms with van der Waals surface area (Å²) in [5.74, 6) is -1.38. The number of benzene rings is 1. The van der Waals surface area contributed by atoms with Crippen molar-refractivity contribution >= 4 is 56.9 Å². The van der Waals surface area contributed by atoms with E-state index in [0.717, 1.165) is 18.2 Å². The molecule has 0 saturated heterocycles. The van der Waals surface area contributed by atoms with E-state index in [1.807, 2.05) is 6.07 Å². The van der Waals surface area contributed by atoms with Crippen LogP contribution in [0.25, 0.3) is 21.8 Å². The first kappa shape index (κ1) is 21.0. The van der Waals surface area contributed by atoms with Gasteiger partial charge in [-0.1, -0.05) is 36.2 Å². The van der Waals surface area contributed by atoms with Crippen LogP contribution in [0.1, 0.15) is 26.2 Å². The van der Waals surface area contributed by atoms with E-state index < -0.39 is 11.9 Å². The number of rotatable bonds is 4. The third-order valence-corrected chi connectivity index (χ3v) is 4.92. The minimum Gasteiger partial charge on any atom is -0.419 e. The smallest absolute Gasteiger partial charge is 0.315 e. The number of fused-ring (bicyclic) bond motifs is 3. The second-order valence-corrected chi connectivity index (χ2v) is 7.03. The van der Waals surface area contributed by atoms with E-state index in [2.05, 4.69) is 9.97 Å². The number of hydrogen-bond donors (Lipinski definition) is 0. The van der Waals surface area contributed by atoms with E-state index in [1.165, 1.54) is 0 Å². The van der Waals surface area contributed by atoms with Gasteiger partial charge < -0.3 is 9.47 Å². The van der Waals surface area contributed by atoms with Crippen LogP contribution in [0.2, 0.25) is 10.0 Å². The van der Waals surface area contributed by atoms with E-state index in [4.69, 9.17) is 32.7 Å². The molecule has 2 aromatic heterocycles. The average Bonchev–Trinajstić information content (AvgIpc) is 3.49. The van der Waals surface area contributed by atoms with Crippen LogP contribution < -0.4 is 9.47 Å².